The minimum Gasteiger partial charge on any atom is -0.462 e. The summed E-state index contributed by atoms with van der Waals surface area (Å²) in [5.74, 6) is 0.899. The van der Waals surface area contributed by atoms with Crippen LogP contribution in [0.25, 0.3) is 0 Å². The zero-order valence-corrected chi connectivity index (χ0v) is 16.9. The Morgan fingerprint density at radius 3 is 2.52 bits per heavy atom. The zero-order valence-electron chi connectivity index (χ0n) is 16.9. The average molecular weight is 379 g/mol. The maximum Gasteiger partial charge on any atom is 0.315 e. The molecule has 0 heterocycles. The first kappa shape index (κ1) is 21.7. The van der Waals surface area contributed by atoms with E-state index in [1.54, 1.807) is 7.11 Å². The average Bonchev–Trinajstić information content (AvgIpc) is 2.69. The van der Waals surface area contributed by atoms with E-state index < -0.39 is 6.48 Å². The van der Waals surface area contributed by atoms with Crippen molar-refractivity contribution in [2.75, 3.05) is 13.7 Å². The fourth-order valence-corrected chi connectivity index (χ4v) is 3.56. The first-order chi connectivity index (χ1) is 13.2. The van der Waals surface area contributed by atoms with Crippen molar-refractivity contribution in [2.24, 2.45) is 0 Å². The highest BCUT2D eigenvalue weighted by molar-refractivity contribution is 5.69. The summed E-state index contributed by atoms with van der Waals surface area (Å²) < 4.78 is 22.0. The summed E-state index contributed by atoms with van der Waals surface area (Å²) in [5, 5.41) is 0. The second kappa shape index (κ2) is 12.0. The van der Waals surface area contributed by atoms with Gasteiger partial charge in [0.05, 0.1) is 6.61 Å². The summed E-state index contributed by atoms with van der Waals surface area (Å²) in [6, 6.07) is 7.97. The van der Waals surface area contributed by atoms with Crippen LogP contribution in [0.5, 0.6) is 5.75 Å². The molecule has 1 saturated carbocycles. The van der Waals surface area contributed by atoms with Crippen LogP contribution < -0.4 is 4.74 Å². The smallest absolute Gasteiger partial charge is 0.315 e. The molecule has 0 N–H and O–H groups in total. The summed E-state index contributed by atoms with van der Waals surface area (Å²) in [6.07, 6.45) is 7.90. The van der Waals surface area contributed by atoms with Crippen LogP contribution in [0.4, 0.5) is 0 Å². The number of rotatable bonds is 11. The summed E-state index contributed by atoms with van der Waals surface area (Å²) in [7, 11) is 1.55. The third kappa shape index (κ3) is 7.15. The molecule has 3 atom stereocenters. The molecule has 0 bridgehead atoms. The van der Waals surface area contributed by atoms with Gasteiger partial charge in [0.2, 0.25) is 0 Å². The molecule has 2 rings (SSSR count). The maximum atomic E-state index is 12.2. The lowest BCUT2D eigenvalue weighted by Crippen LogP contribution is -2.28. The number of hydrogen-bond donors (Lipinski definition) is 0. The Hall–Kier alpha value is -1.59. The van der Waals surface area contributed by atoms with Crippen LogP contribution in [0.15, 0.2) is 24.3 Å². The fourth-order valence-electron chi connectivity index (χ4n) is 3.56. The highest BCUT2D eigenvalue weighted by Gasteiger charge is 2.29. The molecule has 0 amide bonds. The third-order valence-electron chi connectivity index (χ3n) is 5.01. The predicted octanol–water partition coefficient (Wildman–Crippen LogP) is 5.18. The van der Waals surface area contributed by atoms with E-state index in [-0.39, 0.29) is 18.0 Å². The number of ether oxygens (including phenoxy) is 4. The second-order valence-electron chi connectivity index (χ2n) is 7.04. The van der Waals surface area contributed by atoms with Crippen LogP contribution in [0.1, 0.15) is 76.7 Å². The number of benzene rings is 1. The Kier molecular flexibility index (Phi) is 9.64. The molecule has 152 valence electrons. The molecule has 1 aliphatic rings. The predicted molar refractivity (Wildman–Crippen MR) is 105 cm³/mol. The molecule has 27 heavy (non-hydrogen) atoms. The van der Waals surface area contributed by atoms with Crippen LogP contribution in [0.2, 0.25) is 0 Å². The van der Waals surface area contributed by atoms with Crippen molar-refractivity contribution in [2.45, 2.75) is 83.7 Å². The Morgan fingerprint density at radius 1 is 1.11 bits per heavy atom. The standard InChI is InChI=1S/C22H34O5/c1-4-6-7-12-21(23)27-20-11-9-8-10-19(20)17-13-15-18(16-14-17)26-22(24-3)25-5-2/h13-16,19-20,22H,4-12H2,1-3H3/t19-,20+,22?/m1/s1. The van der Waals surface area contributed by atoms with E-state index in [2.05, 4.69) is 19.1 Å². The van der Waals surface area contributed by atoms with E-state index in [1.165, 1.54) is 12.0 Å². The molecule has 0 radical (unpaired) electrons. The number of unbranched alkanes of at least 4 members (excludes halogenated alkanes) is 2. The molecular formula is C22H34O5. The highest BCUT2D eigenvalue weighted by atomic mass is 16.8. The quantitative estimate of drug-likeness (QED) is 0.302. The van der Waals surface area contributed by atoms with Crippen molar-refractivity contribution in [3.05, 3.63) is 29.8 Å². The van der Waals surface area contributed by atoms with Gasteiger partial charge in [-0.1, -0.05) is 38.3 Å². The molecule has 1 aromatic rings. The first-order valence-corrected chi connectivity index (χ1v) is 10.3. The number of hydrogen-bond acceptors (Lipinski definition) is 5. The summed E-state index contributed by atoms with van der Waals surface area (Å²) in [4.78, 5) is 12.2. The van der Waals surface area contributed by atoms with Crippen LogP contribution >= 0.6 is 0 Å². The Balaban J connectivity index is 1.96. The largest absolute Gasteiger partial charge is 0.462 e. The van der Waals surface area contributed by atoms with Gasteiger partial charge in [-0.2, -0.15) is 0 Å². The van der Waals surface area contributed by atoms with E-state index >= 15 is 0 Å². The number of carbonyl (C=O) groups is 1. The summed E-state index contributed by atoms with van der Waals surface area (Å²) in [6.45, 7) is 3.85. The van der Waals surface area contributed by atoms with Crippen LogP contribution in [0, 0.1) is 0 Å². The summed E-state index contributed by atoms with van der Waals surface area (Å²) in [5.41, 5.74) is 1.19. The van der Waals surface area contributed by atoms with Gasteiger partial charge in [0.1, 0.15) is 11.9 Å². The summed E-state index contributed by atoms with van der Waals surface area (Å²) >= 11 is 0. The molecule has 0 aliphatic heterocycles. The molecule has 0 spiro atoms. The van der Waals surface area contributed by atoms with Gasteiger partial charge in [0, 0.05) is 19.4 Å². The molecule has 1 aliphatic carbocycles. The van der Waals surface area contributed by atoms with Crippen molar-refractivity contribution in [3.63, 3.8) is 0 Å². The van der Waals surface area contributed by atoms with Gasteiger partial charge in [-0.15, -0.1) is 0 Å². The van der Waals surface area contributed by atoms with E-state index in [1.807, 2.05) is 19.1 Å². The van der Waals surface area contributed by atoms with Crippen molar-refractivity contribution in [3.8, 4) is 5.75 Å². The van der Waals surface area contributed by atoms with Gasteiger partial charge >= 0.3 is 12.4 Å². The van der Waals surface area contributed by atoms with Gasteiger partial charge in [0.15, 0.2) is 0 Å². The van der Waals surface area contributed by atoms with Gasteiger partial charge in [-0.3, -0.25) is 4.79 Å². The highest BCUT2D eigenvalue weighted by Crippen LogP contribution is 2.36. The van der Waals surface area contributed by atoms with E-state index in [0.29, 0.717) is 18.8 Å². The lowest BCUT2D eigenvalue weighted by molar-refractivity contribution is -0.231. The molecule has 0 aromatic heterocycles. The van der Waals surface area contributed by atoms with E-state index in [9.17, 15) is 4.79 Å². The molecular weight excluding hydrogens is 344 g/mol. The minimum atomic E-state index is -0.702. The van der Waals surface area contributed by atoms with Crippen molar-refractivity contribution >= 4 is 5.97 Å². The normalized spacial score (nSPS) is 20.9. The van der Waals surface area contributed by atoms with Crippen molar-refractivity contribution < 1.29 is 23.7 Å². The molecule has 0 saturated heterocycles. The van der Waals surface area contributed by atoms with E-state index in [4.69, 9.17) is 18.9 Å². The lowest BCUT2D eigenvalue weighted by atomic mass is 9.81. The number of methoxy groups -OCH3 is 1. The van der Waals surface area contributed by atoms with Gasteiger partial charge < -0.3 is 18.9 Å². The third-order valence-corrected chi connectivity index (χ3v) is 5.01. The number of carbonyl (C=O) groups excluding carboxylic acids is 1. The zero-order chi connectivity index (χ0) is 19.5. The monoisotopic (exact) mass is 378 g/mol. The van der Waals surface area contributed by atoms with Crippen LogP contribution in [-0.4, -0.2) is 32.3 Å². The van der Waals surface area contributed by atoms with Gasteiger partial charge in [-0.25, -0.2) is 0 Å². The molecule has 5 heteroatoms. The van der Waals surface area contributed by atoms with Crippen molar-refractivity contribution in [1.29, 1.82) is 0 Å². The van der Waals surface area contributed by atoms with Crippen molar-refractivity contribution in [1.82, 2.24) is 0 Å². The number of esters is 1. The van der Waals surface area contributed by atoms with Gasteiger partial charge in [-0.05, 0) is 50.3 Å². The SMILES string of the molecule is CCCCCC(=O)O[C@H]1CCCC[C@@H]1c1ccc(OC(OC)OCC)cc1. The van der Waals surface area contributed by atoms with Crippen LogP contribution in [-0.2, 0) is 19.0 Å². The molecule has 1 unspecified atom stereocenters. The lowest BCUT2D eigenvalue weighted by Gasteiger charge is -2.31. The molecule has 1 fully saturated rings. The van der Waals surface area contributed by atoms with Crippen LogP contribution in [0.3, 0.4) is 0 Å². The van der Waals surface area contributed by atoms with Gasteiger partial charge in [0.25, 0.3) is 0 Å². The molecule has 5 nitrogen and oxygen atoms in total. The Labute approximate surface area is 163 Å². The molecule has 1 aromatic carbocycles. The van der Waals surface area contributed by atoms with E-state index in [0.717, 1.165) is 38.5 Å². The second-order valence-corrected chi connectivity index (χ2v) is 7.04. The fraction of sp³-hybridized carbons (Fsp3) is 0.682. The maximum absolute atomic E-state index is 12.2. The topological polar surface area (TPSA) is 54.0 Å². The Morgan fingerprint density at radius 2 is 1.85 bits per heavy atom. The first-order valence-electron chi connectivity index (χ1n) is 10.3. The Bertz CT molecular complexity index is 542. The minimum absolute atomic E-state index is 0.0187.